The summed E-state index contributed by atoms with van der Waals surface area (Å²) in [5.74, 6) is 0.793. The maximum absolute atomic E-state index is 12.8. The van der Waals surface area contributed by atoms with E-state index >= 15 is 0 Å². The van der Waals surface area contributed by atoms with Gasteiger partial charge in [0.2, 0.25) is 5.91 Å². The Labute approximate surface area is 194 Å². The number of nitrogens with one attached hydrogen (secondary N) is 2. The third kappa shape index (κ3) is 6.19. The Hall–Kier alpha value is -3.68. The van der Waals surface area contributed by atoms with Crippen molar-refractivity contribution in [3.8, 4) is 11.6 Å². The van der Waals surface area contributed by atoms with Crippen molar-refractivity contribution < 1.29 is 14.3 Å². The first-order valence-corrected chi connectivity index (χ1v) is 11.1. The summed E-state index contributed by atoms with van der Waals surface area (Å²) in [5, 5.41) is 10.2. The van der Waals surface area contributed by atoms with E-state index in [1.165, 1.54) is 0 Å². The summed E-state index contributed by atoms with van der Waals surface area (Å²) in [6, 6.07) is 12.0. The monoisotopic (exact) mass is 449 g/mol. The van der Waals surface area contributed by atoms with Crippen LogP contribution in [-0.2, 0) is 11.3 Å². The van der Waals surface area contributed by atoms with Gasteiger partial charge in [0.15, 0.2) is 5.82 Å². The molecular weight excluding hydrogens is 418 g/mol. The largest absolute Gasteiger partial charge is 0.494 e. The fourth-order valence-electron chi connectivity index (χ4n) is 3.44. The van der Waals surface area contributed by atoms with E-state index in [9.17, 15) is 9.59 Å². The van der Waals surface area contributed by atoms with Crippen LogP contribution in [0, 0.1) is 19.8 Å². The Balaban J connectivity index is 1.59. The van der Waals surface area contributed by atoms with Gasteiger partial charge in [-0.25, -0.2) is 9.67 Å². The molecule has 3 aromatic rings. The molecule has 2 heterocycles. The van der Waals surface area contributed by atoms with E-state index in [1.807, 2.05) is 52.8 Å². The van der Waals surface area contributed by atoms with Crippen molar-refractivity contribution in [2.24, 2.45) is 5.92 Å². The summed E-state index contributed by atoms with van der Waals surface area (Å²) in [4.78, 5) is 29.9. The molecule has 1 atom stereocenters. The quantitative estimate of drug-likeness (QED) is 0.522. The number of rotatable bonds is 9. The van der Waals surface area contributed by atoms with E-state index in [0.717, 1.165) is 22.8 Å². The van der Waals surface area contributed by atoms with Gasteiger partial charge in [-0.2, -0.15) is 5.10 Å². The van der Waals surface area contributed by atoms with E-state index < -0.39 is 6.04 Å². The molecule has 2 amide bonds. The third-order valence-corrected chi connectivity index (χ3v) is 5.17. The van der Waals surface area contributed by atoms with Crippen LogP contribution in [0.3, 0.4) is 0 Å². The number of pyridine rings is 1. The fraction of sp³-hybridized carbons (Fsp3) is 0.360. The van der Waals surface area contributed by atoms with Crippen LogP contribution in [0.15, 0.2) is 48.7 Å². The van der Waals surface area contributed by atoms with Crippen molar-refractivity contribution in [2.75, 3.05) is 6.61 Å². The van der Waals surface area contributed by atoms with Crippen molar-refractivity contribution in [1.29, 1.82) is 0 Å². The molecule has 8 heteroatoms. The molecule has 0 spiro atoms. The van der Waals surface area contributed by atoms with Crippen LogP contribution in [0.2, 0.25) is 0 Å². The minimum atomic E-state index is -0.661. The van der Waals surface area contributed by atoms with Crippen LogP contribution in [0.25, 0.3) is 5.82 Å². The van der Waals surface area contributed by atoms with Crippen LogP contribution in [0.4, 0.5) is 0 Å². The zero-order valence-corrected chi connectivity index (χ0v) is 19.8. The molecule has 0 saturated carbocycles. The normalized spacial score (nSPS) is 11.8. The van der Waals surface area contributed by atoms with E-state index in [1.54, 1.807) is 35.1 Å². The Morgan fingerprint density at radius 3 is 2.36 bits per heavy atom. The smallest absolute Gasteiger partial charge is 0.251 e. The first-order chi connectivity index (χ1) is 15.8. The van der Waals surface area contributed by atoms with Crippen molar-refractivity contribution in [3.63, 3.8) is 0 Å². The van der Waals surface area contributed by atoms with Crippen LogP contribution >= 0.6 is 0 Å². The van der Waals surface area contributed by atoms with E-state index in [4.69, 9.17) is 4.74 Å². The second kappa shape index (κ2) is 10.8. The Morgan fingerprint density at radius 1 is 1.09 bits per heavy atom. The molecule has 0 fully saturated rings. The Kier molecular flexibility index (Phi) is 7.82. The molecule has 174 valence electrons. The first kappa shape index (κ1) is 24.0. The number of amides is 2. The number of carbonyl (C=O) groups is 2. The van der Waals surface area contributed by atoms with Crippen LogP contribution < -0.4 is 15.4 Å². The molecule has 3 rings (SSSR count). The van der Waals surface area contributed by atoms with Crippen LogP contribution in [-0.4, -0.2) is 39.2 Å². The molecule has 0 radical (unpaired) electrons. The van der Waals surface area contributed by atoms with Gasteiger partial charge in [0.25, 0.3) is 5.91 Å². The molecule has 0 bridgehead atoms. The number of aromatic nitrogens is 3. The summed E-state index contributed by atoms with van der Waals surface area (Å²) in [7, 11) is 0. The number of hydrogen-bond donors (Lipinski definition) is 2. The van der Waals surface area contributed by atoms with Crippen LogP contribution in [0.5, 0.6) is 5.75 Å². The van der Waals surface area contributed by atoms with Gasteiger partial charge in [0.05, 0.1) is 12.3 Å². The second-order valence-corrected chi connectivity index (χ2v) is 8.23. The number of nitrogens with zero attached hydrogens (tertiary/aromatic N) is 3. The topological polar surface area (TPSA) is 98.1 Å². The van der Waals surface area contributed by atoms with E-state index in [2.05, 4.69) is 20.7 Å². The molecule has 33 heavy (non-hydrogen) atoms. The number of ether oxygens (including phenoxy) is 1. The summed E-state index contributed by atoms with van der Waals surface area (Å²) in [6.07, 6.45) is 1.72. The first-order valence-electron chi connectivity index (χ1n) is 11.1. The Bertz CT molecular complexity index is 1090. The summed E-state index contributed by atoms with van der Waals surface area (Å²) in [6.45, 7) is 10.5. The highest BCUT2D eigenvalue weighted by Gasteiger charge is 2.24. The molecule has 8 nitrogen and oxygen atoms in total. The Morgan fingerprint density at radius 2 is 1.82 bits per heavy atom. The molecule has 0 saturated heterocycles. The molecular formula is C25H31N5O3. The predicted molar refractivity (Wildman–Crippen MR) is 126 cm³/mol. The lowest BCUT2D eigenvalue weighted by Gasteiger charge is -2.22. The molecule has 2 N–H and O–H groups in total. The predicted octanol–water partition coefficient (Wildman–Crippen LogP) is 3.35. The lowest BCUT2D eigenvalue weighted by Crippen LogP contribution is -2.49. The molecule has 1 aromatic carbocycles. The van der Waals surface area contributed by atoms with E-state index in [0.29, 0.717) is 24.5 Å². The molecule has 1 unspecified atom stereocenters. The third-order valence-electron chi connectivity index (χ3n) is 5.17. The van der Waals surface area contributed by atoms with Gasteiger partial charge in [0.1, 0.15) is 11.8 Å². The highest BCUT2D eigenvalue weighted by atomic mass is 16.5. The molecule has 0 aliphatic carbocycles. The van der Waals surface area contributed by atoms with Gasteiger partial charge >= 0.3 is 0 Å². The maximum Gasteiger partial charge on any atom is 0.251 e. The van der Waals surface area contributed by atoms with Gasteiger partial charge in [-0.3, -0.25) is 9.59 Å². The standard InChI is InChI=1S/C25H31N5O3/c1-6-33-21-10-8-20(9-11-21)24(31)28-23(16(2)3)25(32)27-15-19-7-12-22(26-14-19)30-18(5)13-17(4)29-30/h7-14,16,23H,6,15H2,1-5H3,(H,27,32)(H,28,31). The number of aryl methyl sites for hydroxylation is 2. The minimum absolute atomic E-state index is 0.0804. The summed E-state index contributed by atoms with van der Waals surface area (Å²) >= 11 is 0. The van der Waals surface area contributed by atoms with Crippen LogP contribution in [0.1, 0.15) is 48.1 Å². The summed E-state index contributed by atoms with van der Waals surface area (Å²) in [5.41, 5.74) is 3.26. The van der Waals surface area contributed by atoms with Gasteiger partial charge in [0, 0.05) is 24.0 Å². The van der Waals surface area contributed by atoms with Gasteiger partial charge in [-0.1, -0.05) is 19.9 Å². The van der Waals surface area contributed by atoms with Crippen molar-refractivity contribution >= 4 is 11.8 Å². The molecule has 2 aromatic heterocycles. The highest BCUT2D eigenvalue weighted by Crippen LogP contribution is 2.13. The minimum Gasteiger partial charge on any atom is -0.494 e. The average Bonchev–Trinajstić information content (AvgIpc) is 3.14. The zero-order valence-electron chi connectivity index (χ0n) is 19.8. The van der Waals surface area contributed by atoms with Gasteiger partial charge < -0.3 is 15.4 Å². The van der Waals surface area contributed by atoms with Gasteiger partial charge in [-0.15, -0.1) is 0 Å². The lowest BCUT2D eigenvalue weighted by atomic mass is 10.0. The zero-order chi connectivity index (χ0) is 24.0. The van der Waals surface area contributed by atoms with E-state index in [-0.39, 0.29) is 17.7 Å². The molecule has 0 aliphatic rings. The van der Waals surface area contributed by atoms with Gasteiger partial charge in [-0.05, 0) is 68.7 Å². The van der Waals surface area contributed by atoms with Crippen molar-refractivity contribution in [3.05, 3.63) is 71.2 Å². The number of hydrogen-bond acceptors (Lipinski definition) is 5. The lowest BCUT2D eigenvalue weighted by molar-refractivity contribution is -0.124. The van der Waals surface area contributed by atoms with Crippen molar-refractivity contribution in [1.82, 2.24) is 25.4 Å². The maximum atomic E-state index is 12.8. The number of benzene rings is 1. The average molecular weight is 450 g/mol. The second-order valence-electron chi connectivity index (χ2n) is 8.23. The highest BCUT2D eigenvalue weighted by molar-refractivity contribution is 5.97. The molecule has 0 aliphatic heterocycles. The summed E-state index contributed by atoms with van der Waals surface area (Å²) < 4.78 is 7.19. The fourth-order valence-corrected chi connectivity index (χ4v) is 3.44. The number of carbonyl (C=O) groups excluding carboxylic acids is 2. The SMILES string of the molecule is CCOc1ccc(C(=O)NC(C(=O)NCc2ccc(-n3nc(C)cc3C)nc2)C(C)C)cc1. The van der Waals surface area contributed by atoms with Crippen molar-refractivity contribution in [2.45, 2.75) is 47.2 Å².